The highest BCUT2D eigenvalue weighted by atomic mass is 19.4. The summed E-state index contributed by atoms with van der Waals surface area (Å²) < 4.78 is 43.1. The maximum atomic E-state index is 12.8. The minimum atomic E-state index is -4.77. The van der Waals surface area contributed by atoms with Gasteiger partial charge < -0.3 is 14.9 Å². The smallest absolute Gasteiger partial charge is 0.420 e. The Labute approximate surface area is 111 Å². The van der Waals surface area contributed by atoms with Gasteiger partial charge in [0.05, 0.1) is 17.2 Å². The van der Waals surface area contributed by atoms with Gasteiger partial charge in [-0.25, -0.2) is 4.79 Å². The molecule has 0 fully saturated rings. The maximum absolute atomic E-state index is 12.8. The summed E-state index contributed by atoms with van der Waals surface area (Å²) >= 11 is 0. The van der Waals surface area contributed by atoms with Gasteiger partial charge in [-0.05, 0) is 25.1 Å². The monoisotopic (exact) mass is 289 g/mol. The first-order valence-electron chi connectivity index (χ1n) is 5.28. The predicted molar refractivity (Wildman–Crippen MR) is 59.9 cm³/mol. The van der Waals surface area contributed by atoms with Crippen LogP contribution in [0.25, 0.3) is 0 Å². The van der Waals surface area contributed by atoms with Gasteiger partial charge in [0, 0.05) is 0 Å². The van der Waals surface area contributed by atoms with Gasteiger partial charge in [-0.1, -0.05) is 0 Å². The number of nitrogens with zero attached hydrogens (tertiary/aromatic N) is 1. The van der Waals surface area contributed by atoms with Crippen molar-refractivity contribution >= 4 is 5.97 Å². The summed E-state index contributed by atoms with van der Waals surface area (Å²) in [5.74, 6) is -2.28. The van der Waals surface area contributed by atoms with Gasteiger partial charge in [-0.15, -0.1) is 0 Å². The zero-order valence-corrected chi connectivity index (χ0v) is 10.2. The van der Waals surface area contributed by atoms with Crippen molar-refractivity contribution in [2.24, 2.45) is 0 Å². The number of carbonyl (C=O) groups is 1. The van der Waals surface area contributed by atoms with Crippen molar-refractivity contribution < 1.29 is 32.9 Å². The van der Waals surface area contributed by atoms with E-state index in [1.54, 1.807) is 6.07 Å². The van der Waals surface area contributed by atoms with Crippen LogP contribution in [0.5, 0.6) is 5.75 Å². The Hall–Kier alpha value is -2.27. The van der Waals surface area contributed by atoms with Gasteiger partial charge in [0.1, 0.15) is 12.4 Å². The predicted octanol–water partition coefficient (Wildman–Crippen LogP) is 1.79. The molecule has 0 saturated carbocycles. The first-order chi connectivity index (χ1) is 9.08. The molecule has 0 amide bonds. The van der Waals surface area contributed by atoms with Crippen LogP contribution in [0.1, 0.15) is 18.1 Å². The van der Waals surface area contributed by atoms with Crippen molar-refractivity contribution in [3.8, 4) is 11.8 Å². The zero-order valence-electron chi connectivity index (χ0n) is 10.2. The molecule has 2 N–H and O–H groups in total. The highest BCUT2D eigenvalue weighted by Crippen LogP contribution is 2.37. The first-order valence-corrected chi connectivity index (χ1v) is 5.28. The van der Waals surface area contributed by atoms with Crippen molar-refractivity contribution in [3.05, 3.63) is 29.3 Å². The van der Waals surface area contributed by atoms with Crippen LogP contribution in [0.4, 0.5) is 13.2 Å². The summed E-state index contributed by atoms with van der Waals surface area (Å²) in [5.41, 5.74) is -3.75. The number of carboxylic acid groups (broad SMARTS) is 1. The molecule has 20 heavy (non-hydrogen) atoms. The lowest BCUT2D eigenvalue weighted by Crippen LogP contribution is -2.41. The van der Waals surface area contributed by atoms with E-state index in [4.69, 9.17) is 15.1 Å². The number of halogens is 3. The van der Waals surface area contributed by atoms with E-state index in [0.717, 1.165) is 19.1 Å². The Morgan fingerprint density at radius 1 is 1.45 bits per heavy atom. The molecule has 1 aromatic carbocycles. The number of nitriles is 1. The van der Waals surface area contributed by atoms with Crippen molar-refractivity contribution in [1.82, 2.24) is 0 Å². The number of alkyl halides is 3. The molecule has 0 saturated heterocycles. The normalized spacial score (nSPS) is 14.2. The highest BCUT2D eigenvalue weighted by Gasteiger charge is 2.36. The summed E-state index contributed by atoms with van der Waals surface area (Å²) in [6.45, 7) is 0.0313. The molecule has 1 aromatic rings. The second-order valence-electron chi connectivity index (χ2n) is 4.19. The standard InChI is InChI=1S/C12H10F3NO4/c1-11(19,10(17)18)6-20-9-3-2-7(5-16)4-8(9)12(13,14)15/h2-4,19H,6H2,1H3,(H,17,18). The molecule has 0 spiro atoms. The molecular formula is C12H10F3NO4. The van der Waals surface area contributed by atoms with E-state index >= 15 is 0 Å². The minimum Gasteiger partial charge on any atom is -0.489 e. The van der Waals surface area contributed by atoms with E-state index in [1.807, 2.05) is 0 Å². The molecule has 8 heteroatoms. The van der Waals surface area contributed by atoms with E-state index in [0.29, 0.717) is 6.07 Å². The number of carboxylic acids is 1. The summed E-state index contributed by atoms with van der Waals surface area (Å²) in [7, 11) is 0. The van der Waals surface area contributed by atoms with Crippen LogP contribution >= 0.6 is 0 Å². The largest absolute Gasteiger partial charge is 0.489 e. The molecule has 1 unspecified atom stereocenters. The van der Waals surface area contributed by atoms with Crippen molar-refractivity contribution in [2.45, 2.75) is 18.7 Å². The number of hydrogen-bond acceptors (Lipinski definition) is 4. The van der Waals surface area contributed by atoms with Crippen molar-refractivity contribution in [3.63, 3.8) is 0 Å². The van der Waals surface area contributed by atoms with Gasteiger partial charge >= 0.3 is 12.1 Å². The molecule has 0 aromatic heterocycles. The number of rotatable bonds is 4. The van der Waals surface area contributed by atoms with Crippen LogP contribution in [0.15, 0.2) is 18.2 Å². The van der Waals surface area contributed by atoms with Crippen LogP contribution in [-0.2, 0) is 11.0 Å². The third-order valence-electron chi connectivity index (χ3n) is 2.38. The van der Waals surface area contributed by atoms with E-state index in [1.165, 1.54) is 0 Å². The van der Waals surface area contributed by atoms with Crippen molar-refractivity contribution in [1.29, 1.82) is 5.26 Å². The molecular weight excluding hydrogens is 279 g/mol. The lowest BCUT2D eigenvalue weighted by atomic mass is 10.1. The molecule has 0 aliphatic carbocycles. The summed E-state index contributed by atoms with van der Waals surface area (Å²) in [6, 6.07) is 4.15. The highest BCUT2D eigenvalue weighted by molar-refractivity contribution is 5.76. The van der Waals surface area contributed by atoms with E-state index < -0.39 is 35.7 Å². The molecule has 1 rings (SSSR count). The maximum Gasteiger partial charge on any atom is 0.420 e. The molecule has 5 nitrogen and oxygen atoms in total. The van der Waals surface area contributed by atoms with Crippen LogP contribution in [-0.4, -0.2) is 28.4 Å². The van der Waals surface area contributed by atoms with Crippen LogP contribution < -0.4 is 4.74 Å². The third-order valence-corrected chi connectivity index (χ3v) is 2.38. The van der Waals surface area contributed by atoms with E-state index in [-0.39, 0.29) is 5.56 Å². The molecule has 0 bridgehead atoms. The fourth-order valence-corrected chi connectivity index (χ4v) is 1.23. The Bertz CT molecular complexity index is 561. The molecule has 0 heterocycles. The molecule has 0 aliphatic rings. The molecule has 1 atom stereocenters. The molecule has 0 radical (unpaired) electrons. The number of aliphatic hydroxyl groups is 1. The quantitative estimate of drug-likeness (QED) is 0.881. The van der Waals surface area contributed by atoms with Gasteiger partial charge in [0.15, 0.2) is 5.60 Å². The van der Waals surface area contributed by atoms with Gasteiger partial charge in [0.2, 0.25) is 0 Å². The second-order valence-corrected chi connectivity index (χ2v) is 4.19. The van der Waals surface area contributed by atoms with E-state index in [2.05, 4.69) is 0 Å². The summed E-state index contributed by atoms with van der Waals surface area (Å²) in [5, 5.41) is 26.6. The average Bonchev–Trinajstić information content (AvgIpc) is 2.35. The lowest BCUT2D eigenvalue weighted by Gasteiger charge is -2.20. The van der Waals surface area contributed by atoms with Gasteiger partial charge in [-0.2, -0.15) is 18.4 Å². The first kappa shape index (κ1) is 15.8. The van der Waals surface area contributed by atoms with Gasteiger partial charge in [-0.3, -0.25) is 0 Å². The average molecular weight is 289 g/mol. The Kier molecular flexibility index (Phi) is 4.25. The fourth-order valence-electron chi connectivity index (χ4n) is 1.23. The van der Waals surface area contributed by atoms with Crippen LogP contribution in [0.2, 0.25) is 0 Å². The topological polar surface area (TPSA) is 90.5 Å². The van der Waals surface area contributed by atoms with Crippen LogP contribution in [0, 0.1) is 11.3 Å². The van der Waals surface area contributed by atoms with Crippen LogP contribution in [0.3, 0.4) is 0 Å². The zero-order chi connectivity index (χ0) is 15.6. The Morgan fingerprint density at radius 3 is 2.50 bits per heavy atom. The number of benzene rings is 1. The summed E-state index contributed by atoms with van der Waals surface area (Å²) in [4.78, 5) is 10.6. The lowest BCUT2D eigenvalue weighted by molar-refractivity contribution is -0.159. The van der Waals surface area contributed by atoms with Crippen molar-refractivity contribution in [2.75, 3.05) is 6.61 Å². The SMILES string of the molecule is CC(O)(COc1ccc(C#N)cc1C(F)(F)F)C(=O)O. The Balaban J connectivity index is 3.08. The number of ether oxygens (including phenoxy) is 1. The molecule has 108 valence electrons. The Morgan fingerprint density at radius 2 is 2.05 bits per heavy atom. The molecule has 0 aliphatic heterocycles. The summed E-state index contributed by atoms with van der Waals surface area (Å²) in [6.07, 6.45) is -4.77. The fraction of sp³-hybridized carbons (Fsp3) is 0.333. The van der Waals surface area contributed by atoms with Gasteiger partial charge in [0.25, 0.3) is 0 Å². The number of hydrogen-bond donors (Lipinski definition) is 2. The minimum absolute atomic E-state index is 0.213. The van der Waals surface area contributed by atoms with E-state index in [9.17, 15) is 23.1 Å². The second kappa shape index (κ2) is 5.38. The third kappa shape index (κ3) is 3.61. The number of aliphatic carboxylic acids is 1.